The molecule has 1 fully saturated rings. The molecule has 1 aliphatic carbocycles. The van der Waals surface area contributed by atoms with Gasteiger partial charge in [0.15, 0.2) is 0 Å². The SMILES string of the molecule is C.CCC(CC)CCC1CCCC1.O=CO.O=CO. The van der Waals surface area contributed by atoms with Crippen molar-refractivity contribution in [1.82, 2.24) is 0 Å². The van der Waals surface area contributed by atoms with Crippen molar-refractivity contribution >= 4 is 12.9 Å². The Balaban J connectivity index is -0.000000314. The van der Waals surface area contributed by atoms with Crippen LogP contribution in [0, 0.1) is 11.8 Å². The standard InChI is InChI=1S/C12H24.2CH2O2.CH4/c1-3-11(4-2)9-10-12-7-5-6-8-12;2*2-1-3;/h11-12H,3-10H2,1-2H3;2*1H,(H,2,3);1H4. The molecule has 0 saturated heterocycles. The van der Waals surface area contributed by atoms with Crippen LogP contribution in [0.5, 0.6) is 0 Å². The van der Waals surface area contributed by atoms with E-state index in [-0.39, 0.29) is 20.4 Å². The minimum absolute atomic E-state index is 0. The smallest absolute Gasteiger partial charge is 0.290 e. The van der Waals surface area contributed by atoms with Gasteiger partial charge in [-0.1, -0.05) is 72.6 Å². The highest BCUT2D eigenvalue weighted by Gasteiger charge is 2.15. The van der Waals surface area contributed by atoms with Crippen LogP contribution in [-0.4, -0.2) is 23.2 Å². The minimum Gasteiger partial charge on any atom is -0.483 e. The molecule has 4 nitrogen and oxygen atoms in total. The highest BCUT2D eigenvalue weighted by molar-refractivity contribution is 5.33. The molecule has 1 saturated carbocycles. The molecule has 2 N–H and O–H groups in total. The first-order valence-corrected chi connectivity index (χ1v) is 6.85. The molecule has 0 unspecified atom stereocenters. The summed E-state index contributed by atoms with van der Waals surface area (Å²) in [6.07, 6.45) is 11.9. The fourth-order valence-electron chi connectivity index (χ4n) is 2.47. The number of hydrogen-bond donors (Lipinski definition) is 2. The molecule has 0 spiro atoms. The molecule has 0 aliphatic heterocycles. The Bertz CT molecular complexity index is 165. The molecule has 0 bridgehead atoms. The van der Waals surface area contributed by atoms with E-state index in [9.17, 15) is 0 Å². The number of rotatable bonds is 5. The van der Waals surface area contributed by atoms with Crippen molar-refractivity contribution in [3.63, 3.8) is 0 Å². The van der Waals surface area contributed by atoms with Crippen LogP contribution >= 0.6 is 0 Å². The Morgan fingerprint density at radius 3 is 1.74 bits per heavy atom. The molecular weight excluding hydrogens is 244 g/mol. The van der Waals surface area contributed by atoms with Gasteiger partial charge in [0, 0.05) is 0 Å². The lowest BCUT2D eigenvalue weighted by Gasteiger charge is -2.14. The summed E-state index contributed by atoms with van der Waals surface area (Å²) < 4.78 is 0. The minimum atomic E-state index is -0.250. The van der Waals surface area contributed by atoms with Crippen LogP contribution in [0.15, 0.2) is 0 Å². The molecule has 0 amide bonds. The van der Waals surface area contributed by atoms with E-state index < -0.39 is 0 Å². The zero-order valence-corrected chi connectivity index (χ0v) is 11.7. The van der Waals surface area contributed by atoms with Crippen LogP contribution in [0.3, 0.4) is 0 Å². The quantitative estimate of drug-likeness (QED) is 0.728. The Hall–Kier alpha value is -1.06. The van der Waals surface area contributed by atoms with Crippen molar-refractivity contribution in [2.75, 3.05) is 0 Å². The van der Waals surface area contributed by atoms with Gasteiger partial charge in [-0.2, -0.15) is 0 Å². The van der Waals surface area contributed by atoms with Gasteiger partial charge in [0.05, 0.1) is 0 Å². The fourth-order valence-corrected chi connectivity index (χ4v) is 2.47. The summed E-state index contributed by atoms with van der Waals surface area (Å²) in [6.45, 7) is 4.17. The molecule has 116 valence electrons. The van der Waals surface area contributed by atoms with Crippen LogP contribution in [0.25, 0.3) is 0 Å². The van der Waals surface area contributed by atoms with Gasteiger partial charge in [0.25, 0.3) is 12.9 Å². The van der Waals surface area contributed by atoms with E-state index in [1.54, 1.807) is 0 Å². The highest BCUT2D eigenvalue weighted by Crippen LogP contribution is 2.30. The molecule has 19 heavy (non-hydrogen) atoms. The summed E-state index contributed by atoms with van der Waals surface area (Å²) in [7, 11) is 0. The highest BCUT2D eigenvalue weighted by atomic mass is 16.3. The van der Waals surface area contributed by atoms with Crippen molar-refractivity contribution in [2.45, 2.75) is 72.6 Å². The van der Waals surface area contributed by atoms with Gasteiger partial charge in [-0.3, -0.25) is 9.59 Å². The Labute approximate surface area is 118 Å². The van der Waals surface area contributed by atoms with Crippen molar-refractivity contribution in [3.8, 4) is 0 Å². The lowest BCUT2D eigenvalue weighted by atomic mass is 9.91. The molecule has 0 radical (unpaired) electrons. The van der Waals surface area contributed by atoms with Gasteiger partial charge in [-0.05, 0) is 11.8 Å². The summed E-state index contributed by atoms with van der Waals surface area (Å²) in [5.41, 5.74) is 0. The van der Waals surface area contributed by atoms with Gasteiger partial charge in [0.2, 0.25) is 0 Å². The largest absolute Gasteiger partial charge is 0.483 e. The van der Waals surface area contributed by atoms with Crippen molar-refractivity contribution in [3.05, 3.63) is 0 Å². The summed E-state index contributed by atoms with van der Waals surface area (Å²) in [5.74, 6) is 2.12. The monoisotopic (exact) mass is 276 g/mol. The normalized spacial score (nSPS) is 13.4. The Morgan fingerprint density at radius 1 is 1.05 bits per heavy atom. The maximum atomic E-state index is 8.36. The van der Waals surface area contributed by atoms with Crippen LogP contribution in [0.1, 0.15) is 72.6 Å². The average Bonchev–Trinajstić information content (AvgIpc) is 2.85. The predicted octanol–water partition coefficient (Wildman–Crippen LogP) is 4.43. The maximum absolute atomic E-state index is 8.36. The van der Waals surface area contributed by atoms with Crippen molar-refractivity contribution in [1.29, 1.82) is 0 Å². The first-order chi connectivity index (χ1) is 8.69. The summed E-state index contributed by atoms with van der Waals surface area (Å²) >= 11 is 0. The summed E-state index contributed by atoms with van der Waals surface area (Å²) in [6, 6.07) is 0. The third-order valence-electron chi connectivity index (χ3n) is 3.61. The molecule has 4 heteroatoms. The maximum Gasteiger partial charge on any atom is 0.290 e. The van der Waals surface area contributed by atoms with Crippen LogP contribution in [-0.2, 0) is 9.59 Å². The van der Waals surface area contributed by atoms with Gasteiger partial charge in [-0.25, -0.2) is 0 Å². The van der Waals surface area contributed by atoms with E-state index in [1.807, 2.05) is 0 Å². The average molecular weight is 276 g/mol. The van der Waals surface area contributed by atoms with Gasteiger partial charge in [0.1, 0.15) is 0 Å². The fraction of sp³-hybridized carbons (Fsp3) is 0.867. The van der Waals surface area contributed by atoms with E-state index in [0.29, 0.717) is 0 Å². The first-order valence-electron chi connectivity index (χ1n) is 6.85. The van der Waals surface area contributed by atoms with Crippen molar-refractivity contribution < 1.29 is 19.8 Å². The third kappa shape index (κ3) is 16.9. The molecule has 1 aliphatic rings. The van der Waals surface area contributed by atoms with Crippen molar-refractivity contribution in [2.24, 2.45) is 11.8 Å². The summed E-state index contributed by atoms with van der Waals surface area (Å²) in [4.78, 5) is 16.7. The van der Waals surface area contributed by atoms with Gasteiger partial charge >= 0.3 is 0 Å². The van der Waals surface area contributed by atoms with E-state index in [0.717, 1.165) is 11.8 Å². The number of hydrogen-bond acceptors (Lipinski definition) is 2. The molecule has 0 heterocycles. The molecule has 0 aromatic heterocycles. The zero-order valence-electron chi connectivity index (χ0n) is 11.7. The lowest BCUT2D eigenvalue weighted by Crippen LogP contribution is -2.01. The number of carbonyl (C=O) groups is 2. The second kappa shape index (κ2) is 19.3. The second-order valence-corrected chi connectivity index (χ2v) is 4.62. The van der Waals surface area contributed by atoms with Crippen LogP contribution in [0.4, 0.5) is 0 Å². The van der Waals surface area contributed by atoms with E-state index in [1.165, 1.54) is 51.4 Å². The first kappa shape index (κ1) is 23.1. The molecule has 0 aromatic rings. The summed E-state index contributed by atoms with van der Waals surface area (Å²) in [5, 5.41) is 13.8. The predicted molar refractivity (Wildman–Crippen MR) is 79.4 cm³/mol. The lowest BCUT2D eigenvalue weighted by molar-refractivity contribution is -0.123. The third-order valence-corrected chi connectivity index (χ3v) is 3.61. The van der Waals surface area contributed by atoms with E-state index in [4.69, 9.17) is 19.8 Å². The Kier molecular flexibility index (Phi) is 23.4. The van der Waals surface area contributed by atoms with Crippen LogP contribution < -0.4 is 0 Å². The Morgan fingerprint density at radius 2 is 1.42 bits per heavy atom. The zero-order chi connectivity index (χ0) is 14.2. The second-order valence-electron chi connectivity index (χ2n) is 4.62. The van der Waals surface area contributed by atoms with E-state index in [2.05, 4.69) is 13.8 Å². The molecule has 0 aromatic carbocycles. The number of carboxylic acid groups (broad SMARTS) is 2. The van der Waals surface area contributed by atoms with Crippen LogP contribution in [0.2, 0.25) is 0 Å². The van der Waals surface area contributed by atoms with Gasteiger partial charge in [-0.15, -0.1) is 0 Å². The topological polar surface area (TPSA) is 74.6 Å². The van der Waals surface area contributed by atoms with Gasteiger partial charge < -0.3 is 10.2 Å². The molecule has 1 rings (SSSR count). The molecule has 0 atom stereocenters. The molecular formula is C15H32O4. The van der Waals surface area contributed by atoms with E-state index >= 15 is 0 Å².